The Hall–Kier alpha value is -1.30. The van der Waals surface area contributed by atoms with Crippen molar-refractivity contribution in [1.82, 2.24) is 10.6 Å². The van der Waals surface area contributed by atoms with Crippen LogP contribution in [0.2, 0.25) is 0 Å². The second-order valence-electron chi connectivity index (χ2n) is 4.23. The summed E-state index contributed by atoms with van der Waals surface area (Å²) < 4.78 is 0. The van der Waals surface area contributed by atoms with Crippen LogP contribution in [0, 0.1) is 0 Å². The number of hydrogen-bond acceptors (Lipinski definition) is 3. The van der Waals surface area contributed by atoms with Crippen molar-refractivity contribution in [2.24, 2.45) is 5.73 Å². The van der Waals surface area contributed by atoms with Gasteiger partial charge in [-0.1, -0.05) is 12.8 Å². The molecular formula is C10H19N3O3. The Kier molecular flexibility index (Phi) is 4.54. The third-order valence-electron chi connectivity index (χ3n) is 2.85. The van der Waals surface area contributed by atoms with E-state index in [0.717, 1.165) is 25.7 Å². The van der Waals surface area contributed by atoms with Crippen LogP contribution in [0.1, 0.15) is 32.6 Å². The van der Waals surface area contributed by atoms with E-state index in [0.29, 0.717) is 0 Å². The number of aliphatic carboxylic acids is 1. The van der Waals surface area contributed by atoms with Crippen LogP contribution in [-0.4, -0.2) is 35.2 Å². The predicted octanol–water partition coefficient (Wildman–Crippen LogP) is 0.0286. The van der Waals surface area contributed by atoms with Gasteiger partial charge in [0, 0.05) is 12.1 Å². The summed E-state index contributed by atoms with van der Waals surface area (Å²) >= 11 is 0. The zero-order chi connectivity index (χ0) is 12.1. The van der Waals surface area contributed by atoms with Gasteiger partial charge in [0.2, 0.25) is 0 Å². The molecule has 16 heavy (non-hydrogen) atoms. The van der Waals surface area contributed by atoms with E-state index in [1.54, 1.807) is 0 Å². The highest BCUT2D eigenvalue weighted by atomic mass is 16.4. The van der Waals surface area contributed by atoms with Gasteiger partial charge in [-0.05, 0) is 19.8 Å². The average molecular weight is 229 g/mol. The van der Waals surface area contributed by atoms with Gasteiger partial charge < -0.3 is 21.5 Å². The first-order valence-corrected chi connectivity index (χ1v) is 5.56. The summed E-state index contributed by atoms with van der Waals surface area (Å²) in [6.45, 7) is 1.42. The molecule has 1 saturated carbocycles. The molecule has 6 heteroatoms. The number of rotatable bonds is 3. The van der Waals surface area contributed by atoms with Crippen LogP contribution in [0.4, 0.5) is 4.79 Å². The molecule has 0 aromatic heterocycles. The van der Waals surface area contributed by atoms with E-state index in [-0.39, 0.29) is 12.1 Å². The van der Waals surface area contributed by atoms with E-state index in [1.165, 1.54) is 6.92 Å². The van der Waals surface area contributed by atoms with Crippen molar-refractivity contribution >= 4 is 12.0 Å². The second kappa shape index (κ2) is 5.69. The minimum absolute atomic E-state index is 0.0281. The van der Waals surface area contributed by atoms with E-state index in [2.05, 4.69) is 10.6 Å². The lowest BCUT2D eigenvalue weighted by atomic mass is 9.91. The maximum absolute atomic E-state index is 11.4. The number of nitrogens with two attached hydrogens (primary N) is 1. The van der Waals surface area contributed by atoms with Gasteiger partial charge in [-0.3, -0.25) is 4.79 Å². The lowest BCUT2D eigenvalue weighted by Gasteiger charge is -2.29. The van der Waals surface area contributed by atoms with Crippen LogP contribution in [0.15, 0.2) is 0 Å². The second-order valence-corrected chi connectivity index (χ2v) is 4.23. The lowest BCUT2D eigenvalue weighted by molar-refractivity contribution is -0.138. The fourth-order valence-corrected chi connectivity index (χ4v) is 1.81. The molecule has 2 amide bonds. The van der Waals surface area contributed by atoms with Crippen molar-refractivity contribution in [2.75, 3.05) is 0 Å². The molecule has 0 aromatic carbocycles. The number of carboxylic acid groups (broad SMARTS) is 1. The molecule has 3 atom stereocenters. The SMILES string of the molecule is CC(NC(=O)NC1CCCCC1N)C(=O)O. The Balaban J connectivity index is 2.35. The van der Waals surface area contributed by atoms with E-state index < -0.39 is 18.0 Å². The summed E-state index contributed by atoms with van der Waals surface area (Å²) in [6.07, 6.45) is 3.90. The first kappa shape index (κ1) is 12.8. The maximum Gasteiger partial charge on any atom is 0.325 e. The summed E-state index contributed by atoms with van der Waals surface area (Å²) in [5, 5.41) is 13.7. The van der Waals surface area contributed by atoms with Crippen LogP contribution < -0.4 is 16.4 Å². The fourth-order valence-electron chi connectivity index (χ4n) is 1.81. The van der Waals surface area contributed by atoms with Gasteiger partial charge in [0.15, 0.2) is 0 Å². The topological polar surface area (TPSA) is 104 Å². The molecule has 1 aliphatic carbocycles. The molecule has 3 unspecified atom stereocenters. The molecule has 0 aliphatic heterocycles. The van der Waals surface area contributed by atoms with Crippen LogP contribution in [0.25, 0.3) is 0 Å². The van der Waals surface area contributed by atoms with Gasteiger partial charge in [-0.15, -0.1) is 0 Å². The molecule has 1 rings (SSSR count). The molecule has 0 radical (unpaired) electrons. The maximum atomic E-state index is 11.4. The number of amides is 2. The molecule has 0 saturated heterocycles. The highest BCUT2D eigenvalue weighted by Gasteiger charge is 2.24. The Morgan fingerprint density at radius 3 is 2.56 bits per heavy atom. The van der Waals surface area contributed by atoms with E-state index in [1.807, 2.05) is 0 Å². The van der Waals surface area contributed by atoms with Gasteiger partial charge in [-0.2, -0.15) is 0 Å². The smallest absolute Gasteiger partial charge is 0.325 e. The van der Waals surface area contributed by atoms with Gasteiger partial charge >= 0.3 is 12.0 Å². The van der Waals surface area contributed by atoms with Crippen molar-refractivity contribution in [2.45, 2.75) is 50.7 Å². The Morgan fingerprint density at radius 1 is 1.38 bits per heavy atom. The largest absolute Gasteiger partial charge is 0.480 e. The number of urea groups is 1. The fraction of sp³-hybridized carbons (Fsp3) is 0.800. The summed E-state index contributed by atoms with van der Waals surface area (Å²) in [7, 11) is 0. The molecule has 0 heterocycles. The molecular weight excluding hydrogens is 210 g/mol. The number of carbonyl (C=O) groups excluding carboxylic acids is 1. The van der Waals surface area contributed by atoms with Crippen molar-refractivity contribution in [3.05, 3.63) is 0 Å². The third kappa shape index (κ3) is 3.69. The van der Waals surface area contributed by atoms with Crippen LogP contribution in [0.3, 0.4) is 0 Å². The van der Waals surface area contributed by atoms with Gasteiger partial charge in [0.1, 0.15) is 6.04 Å². The normalized spacial score (nSPS) is 26.9. The molecule has 1 aliphatic rings. The Morgan fingerprint density at radius 2 is 2.00 bits per heavy atom. The highest BCUT2D eigenvalue weighted by Crippen LogP contribution is 2.16. The quantitative estimate of drug-likeness (QED) is 0.548. The minimum atomic E-state index is -1.05. The first-order valence-electron chi connectivity index (χ1n) is 5.56. The first-order chi connectivity index (χ1) is 7.50. The monoisotopic (exact) mass is 229 g/mol. The molecule has 6 nitrogen and oxygen atoms in total. The number of nitrogens with one attached hydrogen (secondary N) is 2. The van der Waals surface area contributed by atoms with Gasteiger partial charge in [0.25, 0.3) is 0 Å². The third-order valence-corrected chi connectivity index (χ3v) is 2.85. The molecule has 0 aromatic rings. The van der Waals surface area contributed by atoms with E-state index in [9.17, 15) is 9.59 Å². The average Bonchev–Trinajstić information content (AvgIpc) is 2.21. The standard InChI is InChI=1S/C10H19N3O3/c1-6(9(14)15)12-10(16)13-8-5-3-2-4-7(8)11/h6-8H,2-5,11H2,1H3,(H,14,15)(H2,12,13,16). The number of carbonyl (C=O) groups is 2. The van der Waals surface area contributed by atoms with Crippen molar-refractivity contribution in [1.29, 1.82) is 0 Å². The molecule has 0 spiro atoms. The van der Waals surface area contributed by atoms with Gasteiger partial charge in [-0.25, -0.2) is 4.79 Å². The molecule has 5 N–H and O–H groups in total. The minimum Gasteiger partial charge on any atom is -0.480 e. The van der Waals surface area contributed by atoms with Crippen LogP contribution >= 0.6 is 0 Å². The number of carboxylic acids is 1. The summed E-state index contributed by atoms with van der Waals surface area (Å²) in [5.74, 6) is -1.05. The van der Waals surface area contributed by atoms with Crippen LogP contribution in [-0.2, 0) is 4.79 Å². The lowest BCUT2D eigenvalue weighted by Crippen LogP contribution is -2.54. The summed E-state index contributed by atoms with van der Waals surface area (Å²) in [4.78, 5) is 22.0. The van der Waals surface area contributed by atoms with E-state index in [4.69, 9.17) is 10.8 Å². The summed E-state index contributed by atoms with van der Waals surface area (Å²) in [5.41, 5.74) is 5.86. The van der Waals surface area contributed by atoms with E-state index >= 15 is 0 Å². The summed E-state index contributed by atoms with van der Waals surface area (Å²) in [6, 6.07) is -1.42. The zero-order valence-electron chi connectivity index (χ0n) is 9.40. The van der Waals surface area contributed by atoms with Crippen molar-refractivity contribution in [3.63, 3.8) is 0 Å². The Labute approximate surface area is 94.6 Å². The van der Waals surface area contributed by atoms with Gasteiger partial charge in [0.05, 0.1) is 0 Å². The molecule has 1 fully saturated rings. The highest BCUT2D eigenvalue weighted by molar-refractivity contribution is 5.82. The Bertz CT molecular complexity index is 270. The zero-order valence-corrected chi connectivity index (χ0v) is 9.40. The van der Waals surface area contributed by atoms with Crippen LogP contribution in [0.5, 0.6) is 0 Å². The van der Waals surface area contributed by atoms with Crippen molar-refractivity contribution in [3.8, 4) is 0 Å². The predicted molar refractivity (Wildman–Crippen MR) is 59.0 cm³/mol. The number of hydrogen-bond donors (Lipinski definition) is 4. The van der Waals surface area contributed by atoms with Crippen molar-refractivity contribution < 1.29 is 14.7 Å². The molecule has 92 valence electrons. The molecule has 0 bridgehead atoms.